The lowest BCUT2D eigenvalue weighted by Gasteiger charge is -2.34. The summed E-state index contributed by atoms with van der Waals surface area (Å²) in [6, 6.07) is 6.07. The largest absolute Gasteiger partial charge is 0.508 e. The van der Waals surface area contributed by atoms with Gasteiger partial charge in [0.05, 0.1) is 5.92 Å². The topological polar surface area (TPSA) is 205 Å². The molecule has 3 unspecified atom stereocenters. The van der Waals surface area contributed by atoms with Crippen LogP contribution in [0, 0.1) is 11.8 Å². The molecular formula is C27H22O12. The second kappa shape index (κ2) is 9.55. The number of Topliss-reactive ketones (excluding diaryl/α,β-unsaturated/α-hetero) is 4. The molecule has 0 spiro atoms. The van der Waals surface area contributed by atoms with E-state index in [4.69, 9.17) is 9.47 Å². The van der Waals surface area contributed by atoms with Gasteiger partial charge in [-0.15, -0.1) is 0 Å². The molecule has 0 amide bonds. The number of allylic oxidation sites excluding steroid dienone is 1. The predicted octanol–water partition coefficient (Wildman–Crippen LogP) is 0.700. The number of benzene rings is 2. The molecule has 5 N–H and O–H groups in total. The Morgan fingerprint density at radius 1 is 0.923 bits per heavy atom. The van der Waals surface area contributed by atoms with Crippen LogP contribution in [0.2, 0.25) is 0 Å². The SMILES string of the molecule is O=C1CC(C(=O)O[C@@H]2Cc3c(O)cc(O)cc3O[C@@H]2c2ccc(O)c(O)c2)=CC2CC(=O)C(O)C(=O)C2C1=O. The van der Waals surface area contributed by atoms with Crippen LogP contribution in [0.3, 0.4) is 0 Å². The van der Waals surface area contributed by atoms with Crippen LogP contribution >= 0.6 is 0 Å². The molecule has 3 aliphatic rings. The molecule has 0 radical (unpaired) electrons. The Labute approximate surface area is 219 Å². The van der Waals surface area contributed by atoms with Crippen LogP contribution in [0.4, 0.5) is 0 Å². The standard InChI is InChI=1S/C27H22O12/c28-13-7-16(30)14-9-21(26(38-20(14)8-13)10-1-2-15(29)17(31)4-10)39-27(37)12-3-11-5-19(33)24(35)25(36)22(11)23(34)18(32)6-12/h1-4,7-8,11,21-22,24,26,28-31,35H,5-6,9H2/t11?,21-,22?,24?,26-/m1/s1. The van der Waals surface area contributed by atoms with Crippen LogP contribution < -0.4 is 4.74 Å². The number of hydrogen-bond acceptors (Lipinski definition) is 12. The first-order valence-corrected chi connectivity index (χ1v) is 11.9. The molecule has 1 aliphatic heterocycles. The molecule has 2 aliphatic carbocycles. The molecule has 0 saturated heterocycles. The maximum absolute atomic E-state index is 13.3. The van der Waals surface area contributed by atoms with Gasteiger partial charge in [-0.25, -0.2) is 4.79 Å². The average molecular weight is 538 g/mol. The smallest absolute Gasteiger partial charge is 0.334 e. The number of carbonyl (C=O) groups excluding carboxylic acids is 5. The van der Waals surface area contributed by atoms with Crippen molar-refractivity contribution in [3.8, 4) is 28.7 Å². The summed E-state index contributed by atoms with van der Waals surface area (Å²) < 4.78 is 11.6. The number of phenolic OH excluding ortho intramolecular Hbond substituents is 4. The molecular weight excluding hydrogens is 516 g/mol. The van der Waals surface area contributed by atoms with Gasteiger partial charge in [-0.1, -0.05) is 12.1 Å². The predicted molar refractivity (Wildman–Crippen MR) is 127 cm³/mol. The molecule has 0 bridgehead atoms. The minimum atomic E-state index is -2.01. The third-order valence-corrected chi connectivity index (χ3v) is 7.09. The summed E-state index contributed by atoms with van der Waals surface area (Å²) >= 11 is 0. The lowest BCUT2D eigenvalue weighted by Crippen LogP contribution is -2.48. The van der Waals surface area contributed by atoms with E-state index in [0.717, 1.165) is 6.07 Å². The molecule has 2 aromatic rings. The average Bonchev–Trinajstić information content (AvgIpc) is 3.00. The maximum Gasteiger partial charge on any atom is 0.334 e. The molecule has 1 fully saturated rings. The molecule has 0 aromatic heterocycles. The number of aliphatic hydroxyl groups is 1. The third kappa shape index (κ3) is 4.59. The fourth-order valence-electron chi connectivity index (χ4n) is 5.14. The van der Waals surface area contributed by atoms with E-state index < -0.39 is 83.6 Å². The minimum Gasteiger partial charge on any atom is -0.508 e. The van der Waals surface area contributed by atoms with Crippen molar-refractivity contribution in [1.82, 2.24) is 0 Å². The molecule has 12 heteroatoms. The van der Waals surface area contributed by atoms with Crippen molar-refractivity contribution in [3.05, 3.63) is 53.1 Å². The van der Waals surface area contributed by atoms with Crippen molar-refractivity contribution in [1.29, 1.82) is 0 Å². The quantitative estimate of drug-likeness (QED) is 0.159. The first-order chi connectivity index (χ1) is 18.4. The van der Waals surface area contributed by atoms with Crippen molar-refractivity contribution in [2.45, 2.75) is 37.6 Å². The summed E-state index contributed by atoms with van der Waals surface area (Å²) in [6.45, 7) is 0. The number of phenols is 4. The second-order valence-corrected chi connectivity index (χ2v) is 9.65. The molecule has 5 atom stereocenters. The molecule has 5 rings (SSSR count). The Hall–Kier alpha value is -4.71. The summed E-state index contributed by atoms with van der Waals surface area (Å²) in [7, 11) is 0. The van der Waals surface area contributed by atoms with Crippen molar-refractivity contribution in [2.75, 3.05) is 0 Å². The van der Waals surface area contributed by atoms with Gasteiger partial charge in [0, 0.05) is 54.0 Å². The number of esters is 1. The fraction of sp³-hybridized carbons (Fsp3) is 0.296. The van der Waals surface area contributed by atoms with E-state index >= 15 is 0 Å². The second-order valence-electron chi connectivity index (χ2n) is 9.65. The zero-order valence-corrected chi connectivity index (χ0v) is 20.1. The number of ether oxygens (including phenoxy) is 2. The van der Waals surface area contributed by atoms with Crippen LogP contribution in [0.5, 0.6) is 28.7 Å². The Bertz CT molecular complexity index is 1470. The van der Waals surface area contributed by atoms with Gasteiger partial charge in [0.25, 0.3) is 0 Å². The lowest BCUT2D eigenvalue weighted by atomic mass is 9.74. The Kier molecular flexibility index (Phi) is 6.35. The van der Waals surface area contributed by atoms with E-state index in [1.165, 1.54) is 30.3 Å². The highest BCUT2D eigenvalue weighted by atomic mass is 16.6. The number of aliphatic hydroxyl groups excluding tert-OH is 1. The van der Waals surface area contributed by atoms with Crippen LogP contribution in [0.1, 0.15) is 30.1 Å². The van der Waals surface area contributed by atoms with Crippen LogP contribution in [0.25, 0.3) is 0 Å². The third-order valence-electron chi connectivity index (χ3n) is 7.09. The van der Waals surface area contributed by atoms with E-state index in [1.807, 2.05) is 0 Å². The molecule has 202 valence electrons. The van der Waals surface area contributed by atoms with Gasteiger partial charge in [-0.3, -0.25) is 19.2 Å². The number of hydrogen-bond donors (Lipinski definition) is 5. The zero-order chi connectivity index (χ0) is 28.2. The zero-order valence-electron chi connectivity index (χ0n) is 20.1. The number of aromatic hydroxyl groups is 4. The summed E-state index contributed by atoms with van der Waals surface area (Å²) in [6.07, 6.45) is -4.39. The lowest BCUT2D eigenvalue weighted by molar-refractivity contribution is -0.152. The van der Waals surface area contributed by atoms with Gasteiger partial charge in [0.15, 0.2) is 35.3 Å². The molecule has 2 aromatic carbocycles. The van der Waals surface area contributed by atoms with Gasteiger partial charge in [0.1, 0.15) is 23.4 Å². The van der Waals surface area contributed by atoms with Gasteiger partial charge in [-0.05, 0) is 12.1 Å². The van der Waals surface area contributed by atoms with Crippen LogP contribution in [-0.2, 0) is 35.1 Å². The van der Waals surface area contributed by atoms with E-state index in [0.29, 0.717) is 0 Å². The summed E-state index contributed by atoms with van der Waals surface area (Å²) in [5.41, 5.74) is 0.185. The van der Waals surface area contributed by atoms with Gasteiger partial charge in [-0.2, -0.15) is 0 Å². The monoisotopic (exact) mass is 538 g/mol. The Morgan fingerprint density at radius 3 is 2.38 bits per heavy atom. The summed E-state index contributed by atoms with van der Waals surface area (Å²) in [4.78, 5) is 62.9. The number of rotatable bonds is 3. The van der Waals surface area contributed by atoms with Gasteiger partial charge in [0.2, 0.25) is 11.6 Å². The van der Waals surface area contributed by atoms with E-state index in [1.54, 1.807) is 0 Å². The highest BCUT2D eigenvalue weighted by Gasteiger charge is 2.49. The maximum atomic E-state index is 13.3. The fourth-order valence-corrected chi connectivity index (χ4v) is 5.14. The number of fused-ring (bicyclic) bond motifs is 2. The molecule has 1 heterocycles. The minimum absolute atomic E-state index is 0.0763. The van der Waals surface area contributed by atoms with Crippen LogP contribution in [-0.4, -0.2) is 66.8 Å². The van der Waals surface area contributed by atoms with Gasteiger partial charge < -0.3 is 35.0 Å². The van der Waals surface area contributed by atoms with Crippen molar-refractivity contribution >= 4 is 29.1 Å². The van der Waals surface area contributed by atoms with E-state index in [-0.39, 0.29) is 40.4 Å². The molecule has 12 nitrogen and oxygen atoms in total. The van der Waals surface area contributed by atoms with Crippen molar-refractivity contribution in [2.24, 2.45) is 11.8 Å². The van der Waals surface area contributed by atoms with E-state index in [9.17, 15) is 49.5 Å². The van der Waals surface area contributed by atoms with Gasteiger partial charge >= 0.3 is 5.97 Å². The summed E-state index contributed by atoms with van der Waals surface area (Å²) in [5.74, 6) is -9.30. The Balaban J connectivity index is 1.49. The van der Waals surface area contributed by atoms with Crippen molar-refractivity contribution in [3.63, 3.8) is 0 Å². The number of ketones is 4. The highest BCUT2D eigenvalue weighted by molar-refractivity contribution is 6.44. The highest BCUT2D eigenvalue weighted by Crippen LogP contribution is 2.44. The first kappa shape index (κ1) is 25.9. The molecule has 39 heavy (non-hydrogen) atoms. The Morgan fingerprint density at radius 2 is 1.67 bits per heavy atom. The first-order valence-electron chi connectivity index (χ1n) is 11.9. The molecule has 1 saturated carbocycles. The van der Waals surface area contributed by atoms with Crippen molar-refractivity contribution < 1.29 is 59.0 Å². The summed E-state index contributed by atoms with van der Waals surface area (Å²) in [5, 5.41) is 49.7. The van der Waals surface area contributed by atoms with E-state index in [2.05, 4.69) is 0 Å². The number of carbonyl (C=O) groups is 5. The van der Waals surface area contributed by atoms with Crippen LogP contribution in [0.15, 0.2) is 42.0 Å². The normalized spacial score (nSPS) is 26.6.